The molecule has 0 atom stereocenters. The van der Waals surface area contributed by atoms with Gasteiger partial charge in [0.15, 0.2) is 0 Å². The number of carbonyl (C=O) groups is 1. The van der Waals surface area contributed by atoms with Crippen LogP contribution in [0, 0.1) is 0 Å². The van der Waals surface area contributed by atoms with Crippen molar-refractivity contribution in [3.05, 3.63) is 38.8 Å². The number of thiazole rings is 1. The fraction of sp³-hybridized carbons (Fsp3) is 0.333. The van der Waals surface area contributed by atoms with Gasteiger partial charge < -0.3 is 5.32 Å². The summed E-state index contributed by atoms with van der Waals surface area (Å²) in [6.07, 6.45) is 1.93. The molecule has 0 radical (unpaired) electrons. The highest BCUT2D eigenvalue weighted by molar-refractivity contribution is 9.10. The minimum absolute atomic E-state index is 0.0877. The normalized spacial score (nSPS) is 15.0. The fourth-order valence-corrected chi connectivity index (χ4v) is 5.33. The Morgan fingerprint density at radius 3 is 2.88 bits per heavy atom. The Labute approximate surface area is 153 Å². The van der Waals surface area contributed by atoms with Crippen LogP contribution >= 0.6 is 27.3 Å². The highest BCUT2D eigenvalue weighted by atomic mass is 79.9. The summed E-state index contributed by atoms with van der Waals surface area (Å²) in [6.45, 7) is 0.196. The summed E-state index contributed by atoms with van der Waals surface area (Å²) < 4.78 is 27.5. The number of aryl methyl sites for hydroxylation is 1. The molecule has 2 aromatic rings. The number of sulfonamides is 1. The van der Waals surface area contributed by atoms with Gasteiger partial charge in [0.05, 0.1) is 22.6 Å². The Morgan fingerprint density at radius 1 is 1.38 bits per heavy atom. The molecule has 0 unspecified atom stereocenters. The van der Waals surface area contributed by atoms with Crippen LogP contribution in [0.5, 0.6) is 0 Å². The van der Waals surface area contributed by atoms with Crippen molar-refractivity contribution >= 4 is 48.9 Å². The van der Waals surface area contributed by atoms with E-state index in [0.717, 1.165) is 18.4 Å². The first-order valence-corrected chi connectivity index (χ1v) is 10.5. The minimum atomic E-state index is -3.71. The molecule has 2 heterocycles. The first-order valence-electron chi connectivity index (χ1n) is 7.33. The van der Waals surface area contributed by atoms with Crippen LogP contribution in [0.3, 0.4) is 0 Å². The van der Waals surface area contributed by atoms with E-state index in [1.54, 1.807) is 11.6 Å². The molecule has 0 spiro atoms. The summed E-state index contributed by atoms with van der Waals surface area (Å²) >= 11 is 4.79. The molecular formula is C15H16BrN3O3S2. The predicted molar refractivity (Wildman–Crippen MR) is 96.5 cm³/mol. The van der Waals surface area contributed by atoms with Crippen LogP contribution in [-0.4, -0.2) is 30.7 Å². The van der Waals surface area contributed by atoms with Gasteiger partial charge in [0, 0.05) is 29.0 Å². The van der Waals surface area contributed by atoms with E-state index < -0.39 is 10.0 Å². The lowest BCUT2D eigenvalue weighted by Gasteiger charge is -2.19. The van der Waals surface area contributed by atoms with Crippen molar-refractivity contribution in [3.63, 3.8) is 0 Å². The maximum absolute atomic E-state index is 12.9. The number of fused-ring (bicyclic) bond motifs is 1. The highest BCUT2D eigenvalue weighted by Crippen LogP contribution is 2.33. The Hall–Kier alpha value is -1.29. The second-order valence-electron chi connectivity index (χ2n) is 5.58. The van der Waals surface area contributed by atoms with Crippen molar-refractivity contribution in [3.8, 4) is 0 Å². The van der Waals surface area contributed by atoms with Gasteiger partial charge in [-0.25, -0.2) is 13.4 Å². The summed E-state index contributed by atoms with van der Waals surface area (Å²) in [7, 11) is -2.19. The van der Waals surface area contributed by atoms with Crippen LogP contribution in [0.2, 0.25) is 0 Å². The van der Waals surface area contributed by atoms with Crippen molar-refractivity contribution < 1.29 is 13.2 Å². The summed E-state index contributed by atoms with van der Waals surface area (Å²) in [6, 6.07) is 3.32. The molecule has 24 heavy (non-hydrogen) atoms. The monoisotopic (exact) mass is 429 g/mol. The van der Waals surface area contributed by atoms with Crippen LogP contribution in [0.4, 0.5) is 5.69 Å². The van der Waals surface area contributed by atoms with Gasteiger partial charge in [0.1, 0.15) is 0 Å². The third-order valence-electron chi connectivity index (χ3n) is 3.84. The van der Waals surface area contributed by atoms with Gasteiger partial charge >= 0.3 is 0 Å². The number of rotatable bonds is 4. The molecule has 128 valence electrons. The third kappa shape index (κ3) is 3.53. The number of amides is 1. The number of aromatic nitrogens is 1. The molecule has 9 heteroatoms. The number of carbonyl (C=O) groups excluding carboxylic acids is 1. The lowest BCUT2D eigenvalue weighted by atomic mass is 10.1. The van der Waals surface area contributed by atoms with Gasteiger partial charge in [-0.1, -0.05) is 0 Å². The SMILES string of the molecule is CN(Cc1cscn1)S(=O)(=O)c1cc2c(cc1Br)CCCC(=O)N2. The molecule has 1 amide bonds. The first-order chi connectivity index (χ1) is 11.4. The van der Waals surface area contributed by atoms with Crippen LogP contribution < -0.4 is 5.32 Å². The Morgan fingerprint density at radius 2 is 2.17 bits per heavy atom. The molecule has 0 saturated carbocycles. The maximum Gasteiger partial charge on any atom is 0.244 e. The van der Waals surface area contributed by atoms with E-state index in [9.17, 15) is 13.2 Å². The van der Waals surface area contributed by atoms with Crippen LogP contribution in [0.15, 0.2) is 32.4 Å². The molecule has 0 bridgehead atoms. The number of benzene rings is 1. The molecule has 0 saturated heterocycles. The summed E-state index contributed by atoms with van der Waals surface area (Å²) in [4.78, 5) is 16.0. The predicted octanol–water partition coefficient (Wildman–Crippen LogP) is 3.00. The molecule has 3 rings (SSSR count). The van der Waals surface area contributed by atoms with Crippen molar-refractivity contribution in [2.75, 3.05) is 12.4 Å². The van der Waals surface area contributed by atoms with Crippen molar-refractivity contribution in [1.29, 1.82) is 0 Å². The number of halogens is 1. The molecule has 1 aliphatic heterocycles. The van der Waals surface area contributed by atoms with Gasteiger partial charge in [-0.3, -0.25) is 4.79 Å². The van der Waals surface area contributed by atoms with Crippen molar-refractivity contribution in [2.45, 2.75) is 30.7 Å². The van der Waals surface area contributed by atoms with E-state index in [2.05, 4.69) is 26.2 Å². The van der Waals surface area contributed by atoms with Gasteiger partial charge in [0.2, 0.25) is 15.9 Å². The molecular weight excluding hydrogens is 414 g/mol. The quantitative estimate of drug-likeness (QED) is 0.809. The second kappa shape index (κ2) is 6.91. The van der Waals surface area contributed by atoms with E-state index in [4.69, 9.17) is 0 Å². The van der Waals surface area contributed by atoms with Crippen LogP contribution in [-0.2, 0) is 27.8 Å². The van der Waals surface area contributed by atoms with E-state index in [-0.39, 0.29) is 17.3 Å². The van der Waals surface area contributed by atoms with Crippen LogP contribution in [0.25, 0.3) is 0 Å². The zero-order chi connectivity index (χ0) is 17.3. The zero-order valence-electron chi connectivity index (χ0n) is 13.0. The van der Waals surface area contributed by atoms with Gasteiger partial charge in [0.25, 0.3) is 0 Å². The summed E-state index contributed by atoms with van der Waals surface area (Å²) in [5, 5.41) is 4.61. The molecule has 1 aromatic heterocycles. The molecule has 0 aliphatic carbocycles. The van der Waals surface area contributed by atoms with Crippen molar-refractivity contribution in [2.24, 2.45) is 0 Å². The topological polar surface area (TPSA) is 79.4 Å². The first kappa shape index (κ1) is 17.5. The molecule has 1 N–H and O–H groups in total. The summed E-state index contributed by atoms with van der Waals surface area (Å²) in [5.41, 5.74) is 3.88. The molecule has 6 nitrogen and oxygen atoms in total. The lowest BCUT2D eigenvalue weighted by Crippen LogP contribution is -2.27. The molecule has 1 aliphatic rings. The third-order valence-corrected chi connectivity index (χ3v) is 7.24. The number of anilines is 1. The number of hydrogen-bond donors (Lipinski definition) is 1. The van der Waals surface area contributed by atoms with Gasteiger partial charge in [-0.2, -0.15) is 4.31 Å². The van der Waals surface area contributed by atoms with Gasteiger partial charge in [-0.05, 0) is 46.5 Å². The number of nitrogens with one attached hydrogen (secondary N) is 1. The number of hydrogen-bond acceptors (Lipinski definition) is 5. The van der Waals surface area contributed by atoms with Crippen molar-refractivity contribution in [1.82, 2.24) is 9.29 Å². The average Bonchev–Trinajstić information content (AvgIpc) is 2.95. The largest absolute Gasteiger partial charge is 0.326 e. The van der Waals surface area contributed by atoms with Gasteiger partial charge in [-0.15, -0.1) is 11.3 Å². The van der Waals surface area contributed by atoms with E-state index in [0.29, 0.717) is 22.3 Å². The smallest absolute Gasteiger partial charge is 0.244 e. The molecule has 1 aromatic carbocycles. The Balaban J connectivity index is 1.97. The Bertz CT molecular complexity index is 866. The minimum Gasteiger partial charge on any atom is -0.326 e. The van der Waals surface area contributed by atoms with Crippen LogP contribution in [0.1, 0.15) is 24.1 Å². The van der Waals surface area contributed by atoms with E-state index in [1.165, 1.54) is 28.8 Å². The van der Waals surface area contributed by atoms with E-state index >= 15 is 0 Å². The molecule has 0 fully saturated rings. The lowest BCUT2D eigenvalue weighted by molar-refractivity contribution is -0.116. The number of nitrogens with zero attached hydrogens (tertiary/aromatic N) is 2. The standard InChI is InChI=1S/C15H16BrN3O3S2/c1-19(7-11-8-23-9-17-11)24(21,22)14-6-13-10(5-12(14)16)3-2-4-15(20)18-13/h5-6,8-9H,2-4,7H2,1H3,(H,18,20). The summed E-state index contributed by atoms with van der Waals surface area (Å²) in [5.74, 6) is -0.0877. The Kier molecular flexibility index (Phi) is 5.05. The average molecular weight is 430 g/mol. The maximum atomic E-state index is 12.9. The zero-order valence-corrected chi connectivity index (χ0v) is 16.2. The second-order valence-corrected chi connectivity index (χ2v) is 9.17. The fourth-order valence-electron chi connectivity index (χ4n) is 2.56. The van der Waals surface area contributed by atoms with E-state index in [1.807, 2.05) is 5.38 Å². The highest BCUT2D eigenvalue weighted by Gasteiger charge is 2.26.